The fourth-order valence-corrected chi connectivity index (χ4v) is 2.80. The molecule has 1 heterocycles. The van der Waals surface area contributed by atoms with Gasteiger partial charge in [-0.1, -0.05) is 18.2 Å². The lowest BCUT2D eigenvalue weighted by molar-refractivity contribution is 0.0943. The van der Waals surface area contributed by atoms with Crippen LogP contribution in [0.2, 0.25) is 0 Å². The van der Waals surface area contributed by atoms with E-state index in [1.807, 2.05) is 30.3 Å². The van der Waals surface area contributed by atoms with Crippen molar-refractivity contribution in [3.63, 3.8) is 0 Å². The Labute approximate surface area is 157 Å². The zero-order valence-electron chi connectivity index (χ0n) is 15.5. The number of carbonyl (C=O) groups is 1. The molecule has 7 nitrogen and oxygen atoms in total. The summed E-state index contributed by atoms with van der Waals surface area (Å²) in [6.45, 7) is 0.747. The second-order valence-corrected chi connectivity index (χ2v) is 5.70. The highest BCUT2D eigenvalue weighted by atomic mass is 16.5. The summed E-state index contributed by atoms with van der Waals surface area (Å²) in [7, 11) is 4.66. The minimum Gasteiger partial charge on any atom is -0.496 e. The number of aromatic nitrogens is 1. The SMILES string of the molecule is COc1cc(OC)c2cc(C(=O)NCCOc3ccccc3)[nH]c2c1OC. The van der Waals surface area contributed by atoms with Gasteiger partial charge in [0.15, 0.2) is 11.5 Å². The molecule has 2 aromatic carbocycles. The van der Waals surface area contributed by atoms with E-state index in [-0.39, 0.29) is 5.91 Å². The van der Waals surface area contributed by atoms with E-state index >= 15 is 0 Å². The van der Waals surface area contributed by atoms with Gasteiger partial charge in [0, 0.05) is 11.5 Å². The van der Waals surface area contributed by atoms with Crippen molar-refractivity contribution in [1.82, 2.24) is 10.3 Å². The number of nitrogens with one attached hydrogen (secondary N) is 2. The zero-order valence-corrected chi connectivity index (χ0v) is 15.5. The van der Waals surface area contributed by atoms with Gasteiger partial charge in [0.25, 0.3) is 5.91 Å². The lowest BCUT2D eigenvalue weighted by Crippen LogP contribution is -2.28. The van der Waals surface area contributed by atoms with Crippen LogP contribution in [-0.2, 0) is 0 Å². The molecule has 3 aromatic rings. The van der Waals surface area contributed by atoms with Crippen LogP contribution < -0.4 is 24.3 Å². The topological polar surface area (TPSA) is 81.8 Å². The van der Waals surface area contributed by atoms with Crippen LogP contribution in [0.5, 0.6) is 23.0 Å². The van der Waals surface area contributed by atoms with Crippen LogP contribution in [0.4, 0.5) is 0 Å². The highest BCUT2D eigenvalue weighted by Crippen LogP contribution is 2.41. The lowest BCUT2D eigenvalue weighted by atomic mass is 10.2. The molecule has 27 heavy (non-hydrogen) atoms. The van der Waals surface area contributed by atoms with Crippen LogP contribution in [0, 0.1) is 0 Å². The van der Waals surface area contributed by atoms with Crippen molar-refractivity contribution >= 4 is 16.8 Å². The second-order valence-electron chi connectivity index (χ2n) is 5.70. The number of hydrogen-bond acceptors (Lipinski definition) is 5. The van der Waals surface area contributed by atoms with Gasteiger partial charge in [0.1, 0.15) is 23.8 Å². The molecule has 0 saturated carbocycles. The van der Waals surface area contributed by atoms with E-state index in [0.717, 1.165) is 11.1 Å². The largest absolute Gasteiger partial charge is 0.496 e. The standard InChI is InChI=1S/C20H22N2O5/c1-24-16-12-17(25-2)19(26-3)18-14(16)11-15(22-18)20(23)21-9-10-27-13-7-5-4-6-8-13/h4-8,11-12,22H,9-10H2,1-3H3,(H,21,23). The molecule has 0 aliphatic carbocycles. The molecular weight excluding hydrogens is 348 g/mol. The van der Waals surface area contributed by atoms with Gasteiger partial charge in [-0.25, -0.2) is 0 Å². The molecule has 0 fully saturated rings. The van der Waals surface area contributed by atoms with Gasteiger partial charge in [-0.3, -0.25) is 4.79 Å². The number of hydrogen-bond donors (Lipinski definition) is 2. The molecule has 0 radical (unpaired) electrons. The van der Waals surface area contributed by atoms with E-state index in [4.69, 9.17) is 18.9 Å². The molecular formula is C20H22N2O5. The van der Waals surface area contributed by atoms with Crippen molar-refractivity contribution in [3.05, 3.63) is 48.2 Å². The first-order valence-electron chi connectivity index (χ1n) is 8.45. The van der Waals surface area contributed by atoms with E-state index in [2.05, 4.69) is 10.3 Å². The summed E-state index contributed by atoms with van der Waals surface area (Å²) in [4.78, 5) is 15.6. The number of methoxy groups -OCH3 is 3. The third-order valence-corrected chi connectivity index (χ3v) is 4.08. The van der Waals surface area contributed by atoms with E-state index in [1.54, 1.807) is 33.5 Å². The molecule has 0 unspecified atom stereocenters. The molecule has 0 aliphatic heterocycles. The number of fused-ring (bicyclic) bond motifs is 1. The maximum atomic E-state index is 12.5. The van der Waals surface area contributed by atoms with E-state index < -0.39 is 0 Å². The highest BCUT2D eigenvalue weighted by Gasteiger charge is 2.19. The third-order valence-electron chi connectivity index (χ3n) is 4.08. The quantitative estimate of drug-likeness (QED) is 0.596. The first-order valence-corrected chi connectivity index (χ1v) is 8.45. The van der Waals surface area contributed by atoms with Crippen LogP contribution >= 0.6 is 0 Å². The Hall–Kier alpha value is -3.35. The van der Waals surface area contributed by atoms with Crippen LogP contribution in [0.25, 0.3) is 10.9 Å². The smallest absolute Gasteiger partial charge is 0.267 e. The Bertz CT molecular complexity index is 921. The third kappa shape index (κ3) is 3.92. The molecule has 2 N–H and O–H groups in total. The Kier molecular flexibility index (Phi) is 5.71. The molecule has 0 spiro atoms. The number of carbonyl (C=O) groups excluding carboxylic acids is 1. The van der Waals surface area contributed by atoms with E-state index in [1.165, 1.54) is 0 Å². The molecule has 0 saturated heterocycles. The Morgan fingerprint density at radius 2 is 1.74 bits per heavy atom. The predicted octanol–water partition coefficient (Wildman–Crippen LogP) is 3.00. The van der Waals surface area contributed by atoms with Crippen LogP contribution in [0.1, 0.15) is 10.5 Å². The fraction of sp³-hybridized carbons (Fsp3) is 0.250. The minimum atomic E-state index is -0.245. The normalized spacial score (nSPS) is 10.5. The van der Waals surface area contributed by atoms with Crippen molar-refractivity contribution in [3.8, 4) is 23.0 Å². The molecule has 0 aliphatic rings. The van der Waals surface area contributed by atoms with Crippen molar-refractivity contribution < 1.29 is 23.7 Å². The number of benzene rings is 2. The number of aromatic amines is 1. The molecule has 0 bridgehead atoms. The zero-order chi connectivity index (χ0) is 19.2. The number of para-hydroxylation sites is 1. The number of H-pyrrole nitrogens is 1. The van der Waals surface area contributed by atoms with E-state index in [9.17, 15) is 4.79 Å². The first-order chi connectivity index (χ1) is 13.2. The molecule has 7 heteroatoms. The van der Waals surface area contributed by atoms with Gasteiger partial charge in [0.2, 0.25) is 0 Å². The molecule has 1 amide bonds. The van der Waals surface area contributed by atoms with Crippen LogP contribution in [0.15, 0.2) is 42.5 Å². The fourth-order valence-electron chi connectivity index (χ4n) is 2.80. The summed E-state index contributed by atoms with van der Waals surface area (Å²) < 4.78 is 21.7. The summed E-state index contributed by atoms with van der Waals surface area (Å²) in [6, 6.07) is 12.9. The lowest BCUT2D eigenvalue weighted by Gasteiger charge is -2.11. The molecule has 0 atom stereocenters. The number of amides is 1. The van der Waals surface area contributed by atoms with Gasteiger partial charge in [0.05, 0.1) is 33.4 Å². The van der Waals surface area contributed by atoms with Crippen molar-refractivity contribution in [2.75, 3.05) is 34.5 Å². The van der Waals surface area contributed by atoms with Gasteiger partial charge in [-0.05, 0) is 18.2 Å². The van der Waals surface area contributed by atoms with Crippen molar-refractivity contribution in [1.29, 1.82) is 0 Å². The Morgan fingerprint density at radius 3 is 2.41 bits per heavy atom. The molecule has 3 rings (SSSR count). The van der Waals surface area contributed by atoms with Gasteiger partial charge in [-0.2, -0.15) is 0 Å². The average Bonchev–Trinajstić information content (AvgIpc) is 3.16. The van der Waals surface area contributed by atoms with Gasteiger partial charge >= 0.3 is 0 Å². The average molecular weight is 370 g/mol. The summed E-state index contributed by atoms with van der Waals surface area (Å²) in [5.74, 6) is 2.14. The summed E-state index contributed by atoms with van der Waals surface area (Å²) >= 11 is 0. The van der Waals surface area contributed by atoms with Crippen LogP contribution in [0.3, 0.4) is 0 Å². The Morgan fingerprint density at radius 1 is 1.00 bits per heavy atom. The van der Waals surface area contributed by atoms with Crippen molar-refractivity contribution in [2.45, 2.75) is 0 Å². The molecule has 1 aromatic heterocycles. The maximum absolute atomic E-state index is 12.5. The monoisotopic (exact) mass is 370 g/mol. The number of rotatable bonds is 8. The first kappa shape index (κ1) is 18.4. The predicted molar refractivity (Wildman–Crippen MR) is 102 cm³/mol. The van der Waals surface area contributed by atoms with Crippen LogP contribution in [-0.4, -0.2) is 45.4 Å². The van der Waals surface area contributed by atoms with Crippen molar-refractivity contribution in [2.24, 2.45) is 0 Å². The minimum absolute atomic E-state index is 0.245. The number of ether oxygens (including phenoxy) is 4. The van der Waals surface area contributed by atoms with Gasteiger partial charge < -0.3 is 29.2 Å². The summed E-state index contributed by atoms with van der Waals surface area (Å²) in [5, 5.41) is 3.56. The second kappa shape index (κ2) is 8.35. The summed E-state index contributed by atoms with van der Waals surface area (Å²) in [6.07, 6.45) is 0. The van der Waals surface area contributed by atoms with Gasteiger partial charge in [-0.15, -0.1) is 0 Å². The molecule has 142 valence electrons. The summed E-state index contributed by atoms with van der Waals surface area (Å²) in [5.41, 5.74) is 1.04. The van der Waals surface area contributed by atoms with E-state index in [0.29, 0.717) is 41.6 Å². The highest BCUT2D eigenvalue weighted by molar-refractivity contribution is 6.02. The Balaban J connectivity index is 1.73. The maximum Gasteiger partial charge on any atom is 0.267 e.